The van der Waals surface area contributed by atoms with E-state index < -0.39 is 5.82 Å². The molecule has 0 aliphatic heterocycles. The van der Waals surface area contributed by atoms with Gasteiger partial charge in [-0.25, -0.2) is 9.37 Å². The van der Waals surface area contributed by atoms with E-state index in [1.54, 1.807) is 14.2 Å². The summed E-state index contributed by atoms with van der Waals surface area (Å²) in [5.41, 5.74) is 0. The summed E-state index contributed by atoms with van der Waals surface area (Å²) in [6.45, 7) is 4.57. The quantitative estimate of drug-likeness (QED) is 0.795. The molecule has 0 aliphatic rings. The van der Waals surface area contributed by atoms with E-state index in [-0.39, 0.29) is 11.9 Å². The van der Waals surface area contributed by atoms with Crippen molar-refractivity contribution in [3.63, 3.8) is 0 Å². The summed E-state index contributed by atoms with van der Waals surface area (Å²) in [4.78, 5) is 7.82. The van der Waals surface area contributed by atoms with Crippen LogP contribution in [0.4, 0.5) is 16.2 Å². The first-order valence-corrected chi connectivity index (χ1v) is 5.54. The molecule has 0 amide bonds. The van der Waals surface area contributed by atoms with Gasteiger partial charge in [-0.15, -0.1) is 0 Å². The summed E-state index contributed by atoms with van der Waals surface area (Å²) in [6.07, 6.45) is 1.14. The van der Waals surface area contributed by atoms with Gasteiger partial charge in [0.1, 0.15) is 0 Å². The second-order valence-corrected chi connectivity index (χ2v) is 4.09. The number of aromatic nitrogens is 2. The molecule has 0 aliphatic carbocycles. The Kier molecular flexibility index (Phi) is 5.09. The number of ether oxygens (including phenoxy) is 1. The maximum absolute atomic E-state index is 13.5. The maximum Gasteiger partial charge on any atom is 0.224 e. The van der Waals surface area contributed by atoms with Crippen LogP contribution in [-0.2, 0) is 4.74 Å². The summed E-state index contributed by atoms with van der Waals surface area (Å²) in [7, 11) is 3.30. The number of halogens is 1. The molecule has 17 heavy (non-hydrogen) atoms. The maximum atomic E-state index is 13.5. The second-order valence-electron chi connectivity index (χ2n) is 4.09. The minimum atomic E-state index is -0.467. The SMILES string of the molecule is CNc1ncc(F)c(NC(COC)C(C)C)n1. The number of rotatable bonds is 6. The van der Waals surface area contributed by atoms with Crippen LogP contribution in [0.25, 0.3) is 0 Å². The highest BCUT2D eigenvalue weighted by Crippen LogP contribution is 2.15. The summed E-state index contributed by atoms with van der Waals surface area (Å²) >= 11 is 0. The fourth-order valence-electron chi connectivity index (χ4n) is 1.34. The molecule has 6 heteroatoms. The molecule has 0 saturated heterocycles. The summed E-state index contributed by atoms with van der Waals surface area (Å²) in [5.74, 6) is 0.419. The topological polar surface area (TPSA) is 59.1 Å². The van der Waals surface area contributed by atoms with E-state index in [0.717, 1.165) is 6.20 Å². The highest BCUT2D eigenvalue weighted by Gasteiger charge is 2.16. The Morgan fingerprint density at radius 1 is 1.47 bits per heavy atom. The molecule has 1 heterocycles. The van der Waals surface area contributed by atoms with Crippen LogP contribution in [0.5, 0.6) is 0 Å². The first kappa shape index (κ1) is 13.6. The highest BCUT2D eigenvalue weighted by atomic mass is 19.1. The highest BCUT2D eigenvalue weighted by molar-refractivity contribution is 5.41. The van der Waals surface area contributed by atoms with Gasteiger partial charge in [0.05, 0.1) is 18.8 Å². The molecule has 0 aromatic carbocycles. The molecule has 96 valence electrons. The first-order valence-electron chi connectivity index (χ1n) is 5.54. The average molecular weight is 242 g/mol. The van der Waals surface area contributed by atoms with Crippen LogP contribution in [0.1, 0.15) is 13.8 Å². The lowest BCUT2D eigenvalue weighted by atomic mass is 10.1. The smallest absolute Gasteiger partial charge is 0.224 e. The standard InChI is InChI=1S/C11H19FN4O/c1-7(2)9(6-17-4)15-10-8(12)5-14-11(13-3)16-10/h5,7,9H,6H2,1-4H3,(H2,13,14,15,16). The van der Waals surface area contributed by atoms with Crippen molar-refractivity contribution in [2.75, 3.05) is 31.4 Å². The van der Waals surface area contributed by atoms with Gasteiger partial charge >= 0.3 is 0 Å². The van der Waals surface area contributed by atoms with Crippen LogP contribution in [0.15, 0.2) is 6.20 Å². The first-order chi connectivity index (χ1) is 8.08. The third kappa shape index (κ3) is 3.81. The predicted molar refractivity (Wildman–Crippen MR) is 65.7 cm³/mol. The summed E-state index contributed by atoms with van der Waals surface area (Å²) < 4.78 is 18.6. The van der Waals surface area contributed by atoms with Gasteiger partial charge in [0, 0.05) is 14.2 Å². The van der Waals surface area contributed by atoms with Gasteiger partial charge in [0.2, 0.25) is 5.95 Å². The molecule has 0 fully saturated rings. The fourth-order valence-corrected chi connectivity index (χ4v) is 1.34. The number of nitrogens with zero attached hydrogens (tertiary/aromatic N) is 2. The van der Waals surface area contributed by atoms with Crippen molar-refractivity contribution in [3.8, 4) is 0 Å². The van der Waals surface area contributed by atoms with Gasteiger partial charge in [-0.1, -0.05) is 13.8 Å². The zero-order valence-electron chi connectivity index (χ0n) is 10.6. The number of methoxy groups -OCH3 is 1. The Balaban J connectivity index is 2.84. The van der Waals surface area contributed by atoms with Crippen LogP contribution >= 0.6 is 0 Å². The molecule has 2 N–H and O–H groups in total. The minimum absolute atomic E-state index is 0.00843. The van der Waals surface area contributed by atoms with Crippen molar-refractivity contribution in [2.24, 2.45) is 5.92 Å². The van der Waals surface area contributed by atoms with Gasteiger partial charge in [-0.3, -0.25) is 0 Å². The Morgan fingerprint density at radius 3 is 2.71 bits per heavy atom. The lowest BCUT2D eigenvalue weighted by Gasteiger charge is -2.22. The molecule has 1 unspecified atom stereocenters. The van der Waals surface area contributed by atoms with Gasteiger partial charge in [0.25, 0.3) is 0 Å². The van der Waals surface area contributed by atoms with Crippen molar-refractivity contribution in [3.05, 3.63) is 12.0 Å². The Labute approximate surface area is 101 Å². The number of anilines is 2. The molecule has 5 nitrogen and oxygen atoms in total. The molecule has 0 radical (unpaired) electrons. The molecule has 1 aromatic rings. The Hall–Kier alpha value is -1.43. The van der Waals surface area contributed by atoms with E-state index in [1.165, 1.54) is 0 Å². The average Bonchev–Trinajstić information content (AvgIpc) is 2.31. The van der Waals surface area contributed by atoms with Gasteiger partial charge in [-0.2, -0.15) is 4.98 Å². The predicted octanol–water partition coefficient (Wildman–Crippen LogP) is 1.74. The number of hydrogen-bond donors (Lipinski definition) is 2. The number of nitrogens with one attached hydrogen (secondary N) is 2. The van der Waals surface area contributed by atoms with E-state index in [9.17, 15) is 4.39 Å². The molecule has 0 bridgehead atoms. The van der Waals surface area contributed by atoms with Crippen molar-refractivity contribution in [1.29, 1.82) is 0 Å². The molecule has 0 saturated carbocycles. The lowest BCUT2D eigenvalue weighted by Crippen LogP contribution is -2.31. The van der Waals surface area contributed by atoms with Crippen molar-refractivity contribution in [1.82, 2.24) is 9.97 Å². The van der Waals surface area contributed by atoms with E-state index in [0.29, 0.717) is 18.5 Å². The van der Waals surface area contributed by atoms with Gasteiger partial charge in [-0.05, 0) is 5.92 Å². The monoisotopic (exact) mass is 242 g/mol. The van der Waals surface area contributed by atoms with Gasteiger partial charge < -0.3 is 15.4 Å². The van der Waals surface area contributed by atoms with Crippen LogP contribution in [-0.4, -0.2) is 36.8 Å². The molecule has 1 aromatic heterocycles. The molecule has 1 rings (SSSR count). The Bertz CT molecular complexity index is 359. The molecular weight excluding hydrogens is 223 g/mol. The fraction of sp³-hybridized carbons (Fsp3) is 0.636. The van der Waals surface area contributed by atoms with Crippen molar-refractivity contribution >= 4 is 11.8 Å². The second kappa shape index (κ2) is 6.34. The van der Waals surface area contributed by atoms with Crippen molar-refractivity contribution in [2.45, 2.75) is 19.9 Å². The van der Waals surface area contributed by atoms with E-state index in [1.807, 2.05) is 13.8 Å². The summed E-state index contributed by atoms with van der Waals surface area (Å²) in [6, 6.07) is 0.00843. The Morgan fingerprint density at radius 2 is 2.18 bits per heavy atom. The van der Waals surface area contributed by atoms with Crippen molar-refractivity contribution < 1.29 is 9.13 Å². The van der Waals surface area contributed by atoms with Gasteiger partial charge in [0.15, 0.2) is 11.6 Å². The van der Waals surface area contributed by atoms with Crippen LogP contribution in [0.2, 0.25) is 0 Å². The zero-order valence-corrected chi connectivity index (χ0v) is 10.6. The lowest BCUT2D eigenvalue weighted by molar-refractivity contribution is 0.171. The normalized spacial score (nSPS) is 12.6. The van der Waals surface area contributed by atoms with Crippen LogP contribution in [0.3, 0.4) is 0 Å². The largest absolute Gasteiger partial charge is 0.383 e. The molecular formula is C11H19FN4O. The molecule has 0 spiro atoms. The third-order valence-electron chi connectivity index (χ3n) is 2.44. The number of hydrogen-bond acceptors (Lipinski definition) is 5. The van der Waals surface area contributed by atoms with Crippen LogP contribution < -0.4 is 10.6 Å². The minimum Gasteiger partial charge on any atom is -0.383 e. The van der Waals surface area contributed by atoms with E-state index in [4.69, 9.17) is 4.74 Å². The van der Waals surface area contributed by atoms with Crippen LogP contribution in [0, 0.1) is 11.7 Å². The zero-order chi connectivity index (χ0) is 12.8. The van der Waals surface area contributed by atoms with E-state index in [2.05, 4.69) is 20.6 Å². The van der Waals surface area contributed by atoms with E-state index >= 15 is 0 Å². The molecule has 1 atom stereocenters. The third-order valence-corrected chi connectivity index (χ3v) is 2.44. The summed E-state index contributed by atoms with van der Waals surface area (Å²) in [5, 5.41) is 5.80.